The van der Waals surface area contributed by atoms with Crippen molar-refractivity contribution in [3.05, 3.63) is 59.9 Å². The van der Waals surface area contributed by atoms with Gasteiger partial charge in [-0.05, 0) is 29.8 Å². The molecule has 0 saturated carbocycles. The van der Waals surface area contributed by atoms with E-state index in [1.165, 1.54) is 0 Å². The fraction of sp³-hybridized carbons (Fsp3) is 0.211. The molecule has 0 unspecified atom stereocenters. The van der Waals surface area contributed by atoms with Crippen molar-refractivity contribution in [3.8, 4) is 11.5 Å². The molecule has 0 spiro atoms. The summed E-state index contributed by atoms with van der Waals surface area (Å²) in [5.74, 6) is 1.47. The molecule has 3 aromatic rings. The van der Waals surface area contributed by atoms with Gasteiger partial charge >= 0.3 is 0 Å². The van der Waals surface area contributed by atoms with Gasteiger partial charge < -0.3 is 19.2 Å². The minimum Gasteiger partial charge on any atom is -0.497 e. The zero-order chi connectivity index (χ0) is 16.9. The Morgan fingerprint density at radius 2 is 1.75 bits per heavy atom. The lowest BCUT2D eigenvalue weighted by atomic mass is 10.1. The average Bonchev–Trinajstić information content (AvgIpc) is 3.02. The standard InChI is InChI=1S/C19H19NO4/c1-22-15-5-3-13(4-6-15)11-20-19(21)9-14-12-24-18-10-16(23-2)7-8-17(14)18/h3-8,10,12H,9,11H2,1-2H3,(H,20,21). The first kappa shape index (κ1) is 15.9. The molecular formula is C19H19NO4. The molecule has 0 aliphatic heterocycles. The van der Waals surface area contributed by atoms with E-state index in [1.54, 1.807) is 20.5 Å². The molecule has 0 saturated heterocycles. The molecule has 2 aromatic carbocycles. The third-order valence-corrected chi connectivity index (χ3v) is 3.86. The molecule has 0 aliphatic carbocycles. The van der Waals surface area contributed by atoms with Gasteiger partial charge in [0.1, 0.15) is 17.1 Å². The van der Waals surface area contributed by atoms with Crippen LogP contribution in [0.3, 0.4) is 0 Å². The number of methoxy groups -OCH3 is 2. The molecule has 124 valence electrons. The normalized spacial score (nSPS) is 10.6. The highest BCUT2D eigenvalue weighted by Crippen LogP contribution is 2.25. The first-order chi connectivity index (χ1) is 11.7. The molecule has 1 amide bonds. The number of ether oxygens (including phenoxy) is 2. The molecule has 3 rings (SSSR count). The predicted octanol–water partition coefficient (Wildman–Crippen LogP) is 3.31. The molecular weight excluding hydrogens is 306 g/mol. The average molecular weight is 325 g/mol. The lowest BCUT2D eigenvalue weighted by Crippen LogP contribution is -2.24. The highest BCUT2D eigenvalue weighted by atomic mass is 16.5. The topological polar surface area (TPSA) is 60.7 Å². The molecule has 1 aromatic heterocycles. The number of hydrogen-bond donors (Lipinski definition) is 1. The van der Waals surface area contributed by atoms with Gasteiger partial charge in [-0.3, -0.25) is 4.79 Å². The summed E-state index contributed by atoms with van der Waals surface area (Å²) in [6.07, 6.45) is 1.90. The van der Waals surface area contributed by atoms with Crippen LogP contribution in [0.5, 0.6) is 11.5 Å². The zero-order valence-electron chi connectivity index (χ0n) is 13.7. The quantitative estimate of drug-likeness (QED) is 0.755. The van der Waals surface area contributed by atoms with Crippen molar-refractivity contribution in [1.29, 1.82) is 0 Å². The fourth-order valence-electron chi connectivity index (χ4n) is 2.51. The van der Waals surface area contributed by atoms with Crippen LogP contribution >= 0.6 is 0 Å². The van der Waals surface area contributed by atoms with Gasteiger partial charge in [0.15, 0.2) is 0 Å². The van der Waals surface area contributed by atoms with Crippen LogP contribution in [0.2, 0.25) is 0 Å². The Morgan fingerprint density at radius 1 is 1.04 bits per heavy atom. The molecule has 0 fully saturated rings. The maximum Gasteiger partial charge on any atom is 0.224 e. The third-order valence-electron chi connectivity index (χ3n) is 3.86. The predicted molar refractivity (Wildman–Crippen MR) is 91.3 cm³/mol. The number of fused-ring (bicyclic) bond motifs is 1. The summed E-state index contributed by atoms with van der Waals surface area (Å²) >= 11 is 0. The van der Waals surface area contributed by atoms with Crippen molar-refractivity contribution in [1.82, 2.24) is 5.32 Å². The van der Waals surface area contributed by atoms with Crippen LogP contribution in [0.25, 0.3) is 11.0 Å². The molecule has 0 bridgehead atoms. The van der Waals surface area contributed by atoms with Gasteiger partial charge in [-0.15, -0.1) is 0 Å². The van der Waals surface area contributed by atoms with E-state index in [4.69, 9.17) is 13.9 Å². The Balaban J connectivity index is 1.62. The second-order valence-corrected chi connectivity index (χ2v) is 5.42. The SMILES string of the molecule is COc1ccc(CNC(=O)Cc2coc3cc(OC)ccc23)cc1. The van der Waals surface area contributed by atoms with Gasteiger partial charge in [0.2, 0.25) is 5.91 Å². The number of carbonyl (C=O) groups excluding carboxylic acids is 1. The number of benzene rings is 2. The lowest BCUT2D eigenvalue weighted by molar-refractivity contribution is -0.120. The first-order valence-corrected chi connectivity index (χ1v) is 7.63. The van der Waals surface area contributed by atoms with Gasteiger partial charge in [-0.25, -0.2) is 0 Å². The van der Waals surface area contributed by atoms with Crippen molar-refractivity contribution in [2.45, 2.75) is 13.0 Å². The van der Waals surface area contributed by atoms with E-state index < -0.39 is 0 Å². The summed E-state index contributed by atoms with van der Waals surface area (Å²) in [7, 11) is 3.24. The second kappa shape index (κ2) is 7.08. The van der Waals surface area contributed by atoms with Crippen LogP contribution in [0.15, 0.2) is 53.1 Å². The largest absolute Gasteiger partial charge is 0.497 e. The maximum absolute atomic E-state index is 12.2. The number of amides is 1. The second-order valence-electron chi connectivity index (χ2n) is 5.42. The van der Waals surface area contributed by atoms with Crippen LogP contribution in [0.4, 0.5) is 0 Å². The highest BCUT2D eigenvalue weighted by Gasteiger charge is 2.11. The van der Waals surface area contributed by atoms with E-state index in [1.807, 2.05) is 42.5 Å². The van der Waals surface area contributed by atoms with Crippen LogP contribution in [0.1, 0.15) is 11.1 Å². The number of hydrogen-bond acceptors (Lipinski definition) is 4. The molecule has 0 radical (unpaired) electrons. The van der Waals surface area contributed by atoms with E-state index in [-0.39, 0.29) is 12.3 Å². The van der Waals surface area contributed by atoms with E-state index >= 15 is 0 Å². The van der Waals surface area contributed by atoms with Gasteiger partial charge in [-0.2, -0.15) is 0 Å². The number of nitrogens with one attached hydrogen (secondary N) is 1. The van der Waals surface area contributed by atoms with Crippen molar-refractivity contribution in [3.63, 3.8) is 0 Å². The summed E-state index contributed by atoms with van der Waals surface area (Å²) in [6.45, 7) is 0.479. The minimum atomic E-state index is -0.0515. The van der Waals surface area contributed by atoms with Gasteiger partial charge in [0.25, 0.3) is 0 Å². The van der Waals surface area contributed by atoms with Crippen molar-refractivity contribution in [2.24, 2.45) is 0 Å². The van der Waals surface area contributed by atoms with Crippen molar-refractivity contribution >= 4 is 16.9 Å². The number of furan rings is 1. The molecule has 0 atom stereocenters. The van der Waals surface area contributed by atoms with E-state index in [9.17, 15) is 4.79 Å². The maximum atomic E-state index is 12.2. The molecule has 5 heteroatoms. The van der Waals surface area contributed by atoms with Gasteiger partial charge in [0.05, 0.1) is 26.9 Å². The lowest BCUT2D eigenvalue weighted by Gasteiger charge is -2.06. The molecule has 1 heterocycles. The Labute approximate surface area is 140 Å². The summed E-state index contributed by atoms with van der Waals surface area (Å²) in [4.78, 5) is 12.2. The number of rotatable bonds is 6. The fourth-order valence-corrected chi connectivity index (χ4v) is 2.51. The Kier molecular flexibility index (Phi) is 4.70. The van der Waals surface area contributed by atoms with Gasteiger partial charge in [0, 0.05) is 23.6 Å². The molecule has 24 heavy (non-hydrogen) atoms. The van der Waals surface area contributed by atoms with Crippen LogP contribution in [0, 0.1) is 0 Å². The smallest absolute Gasteiger partial charge is 0.224 e. The van der Waals surface area contributed by atoms with Crippen LogP contribution in [-0.2, 0) is 17.8 Å². The van der Waals surface area contributed by atoms with E-state index in [2.05, 4.69) is 5.32 Å². The highest BCUT2D eigenvalue weighted by molar-refractivity contribution is 5.88. The zero-order valence-corrected chi connectivity index (χ0v) is 13.7. The van der Waals surface area contributed by atoms with Crippen LogP contribution < -0.4 is 14.8 Å². The summed E-state index contributed by atoms with van der Waals surface area (Å²) in [6, 6.07) is 13.2. The van der Waals surface area contributed by atoms with E-state index in [0.29, 0.717) is 12.1 Å². The first-order valence-electron chi connectivity index (χ1n) is 7.63. The molecule has 0 aliphatic rings. The Bertz CT molecular complexity index is 836. The molecule has 5 nitrogen and oxygen atoms in total. The summed E-state index contributed by atoms with van der Waals surface area (Å²) in [5.41, 5.74) is 2.60. The monoisotopic (exact) mass is 325 g/mol. The minimum absolute atomic E-state index is 0.0515. The summed E-state index contributed by atoms with van der Waals surface area (Å²) < 4.78 is 15.8. The van der Waals surface area contributed by atoms with Crippen molar-refractivity contribution in [2.75, 3.05) is 14.2 Å². The number of carbonyl (C=O) groups is 1. The third kappa shape index (κ3) is 3.51. The summed E-state index contributed by atoms with van der Waals surface area (Å²) in [5, 5.41) is 3.84. The van der Waals surface area contributed by atoms with Gasteiger partial charge in [-0.1, -0.05) is 12.1 Å². The van der Waals surface area contributed by atoms with Crippen LogP contribution in [-0.4, -0.2) is 20.1 Å². The van der Waals surface area contributed by atoms with E-state index in [0.717, 1.165) is 28.0 Å². The Hall–Kier alpha value is -2.95. The van der Waals surface area contributed by atoms with Crippen molar-refractivity contribution < 1.29 is 18.7 Å². The molecule has 1 N–H and O–H groups in total. The Morgan fingerprint density at radius 3 is 2.46 bits per heavy atom.